The second-order valence-electron chi connectivity index (χ2n) is 7.01. The molecule has 0 aliphatic rings. The van der Waals surface area contributed by atoms with Gasteiger partial charge in [0.05, 0.1) is 21.3 Å². The van der Waals surface area contributed by atoms with E-state index in [1.54, 1.807) is 30.3 Å². The SMILES string of the molecule is NS(=O)(=O)c1ccc(-c2c(-c3ccc(Cl)cc3Cl)c(C(F)(F)F)nn2-c2ccccc2)cc1. The van der Waals surface area contributed by atoms with Gasteiger partial charge in [-0.3, -0.25) is 0 Å². The summed E-state index contributed by atoms with van der Waals surface area (Å²) in [5.74, 6) is 0. The van der Waals surface area contributed by atoms with E-state index in [0.717, 1.165) is 4.68 Å². The van der Waals surface area contributed by atoms with Crippen molar-refractivity contribution in [1.29, 1.82) is 0 Å². The molecule has 2 N–H and O–H groups in total. The largest absolute Gasteiger partial charge is 0.435 e. The highest BCUT2D eigenvalue weighted by Crippen LogP contribution is 2.45. The van der Waals surface area contributed by atoms with Crippen LogP contribution in [0.5, 0.6) is 0 Å². The van der Waals surface area contributed by atoms with Crippen molar-refractivity contribution in [2.45, 2.75) is 11.1 Å². The third-order valence-corrected chi connectivity index (χ3v) is 6.29. The lowest BCUT2D eigenvalue weighted by Crippen LogP contribution is -2.11. The summed E-state index contributed by atoms with van der Waals surface area (Å²) in [5, 5.41) is 9.31. The second kappa shape index (κ2) is 8.49. The van der Waals surface area contributed by atoms with Crippen LogP contribution < -0.4 is 5.14 Å². The van der Waals surface area contributed by atoms with E-state index in [2.05, 4.69) is 5.10 Å². The Bertz CT molecular complexity index is 1440. The first-order chi connectivity index (χ1) is 15.5. The summed E-state index contributed by atoms with van der Waals surface area (Å²) < 4.78 is 66.9. The molecule has 1 aromatic heterocycles. The number of primary sulfonamides is 1. The molecule has 0 aliphatic heterocycles. The van der Waals surface area contributed by atoms with Crippen molar-refractivity contribution >= 4 is 33.2 Å². The van der Waals surface area contributed by atoms with Crippen molar-refractivity contribution in [3.8, 4) is 28.1 Å². The minimum Gasteiger partial charge on any atom is -0.232 e. The lowest BCUT2D eigenvalue weighted by atomic mass is 9.98. The molecular weight excluding hydrogens is 498 g/mol. The van der Waals surface area contributed by atoms with E-state index in [1.807, 2.05) is 0 Å². The van der Waals surface area contributed by atoms with Crippen molar-refractivity contribution in [2.75, 3.05) is 0 Å². The Labute approximate surface area is 197 Å². The maximum Gasteiger partial charge on any atom is 0.435 e. The predicted octanol–water partition coefficient (Wildman–Crippen LogP) is 6.18. The van der Waals surface area contributed by atoms with Gasteiger partial charge in [-0.25, -0.2) is 18.2 Å². The quantitative estimate of drug-likeness (QED) is 0.355. The third kappa shape index (κ3) is 4.63. The number of aromatic nitrogens is 2. The molecule has 3 aromatic carbocycles. The van der Waals surface area contributed by atoms with Crippen LogP contribution in [0, 0.1) is 0 Å². The van der Waals surface area contributed by atoms with Crippen LogP contribution in [0.2, 0.25) is 10.0 Å². The monoisotopic (exact) mass is 511 g/mol. The lowest BCUT2D eigenvalue weighted by Gasteiger charge is -2.13. The zero-order valence-corrected chi connectivity index (χ0v) is 18.8. The van der Waals surface area contributed by atoms with E-state index >= 15 is 0 Å². The van der Waals surface area contributed by atoms with E-state index in [9.17, 15) is 21.6 Å². The van der Waals surface area contributed by atoms with Gasteiger partial charge in [0.25, 0.3) is 0 Å². The molecule has 0 aliphatic carbocycles. The first-order valence-electron chi connectivity index (χ1n) is 9.31. The zero-order chi connectivity index (χ0) is 24.0. The molecule has 0 radical (unpaired) electrons. The van der Waals surface area contributed by atoms with Crippen LogP contribution in [-0.4, -0.2) is 18.2 Å². The van der Waals surface area contributed by atoms with Crippen molar-refractivity contribution in [2.24, 2.45) is 5.14 Å². The van der Waals surface area contributed by atoms with E-state index in [4.69, 9.17) is 28.3 Å². The summed E-state index contributed by atoms with van der Waals surface area (Å²) in [6.07, 6.45) is -4.81. The zero-order valence-electron chi connectivity index (χ0n) is 16.5. The number of nitrogens with two attached hydrogens (primary N) is 1. The Morgan fingerprint density at radius 3 is 2.09 bits per heavy atom. The van der Waals surface area contributed by atoms with Crippen LogP contribution in [0.4, 0.5) is 13.2 Å². The molecule has 5 nitrogen and oxygen atoms in total. The highest BCUT2D eigenvalue weighted by atomic mass is 35.5. The fraction of sp³-hybridized carbons (Fsp3) is 0.0455. The molecule has 0 atom stereocenters. The molecular formula is C22H14Cl2F3N3O2S. The molecule has 0 saturated heterocycles. The van der Waals surface area contributed by atoms with Crippen molar-refractivity contribution in [3.05, 3.63) is 88.5 Å². The Morgan fingerprint density at radius 2 is 1.55 bits per heavy atom. The second-order valence-corrected chi connectivity index (χ2v) is 9.42. The topological polar surface area (TPSA) is 78.0 Å². The lowest BCUT2D eigenvalue weighted by molar-refractivity contribution is -0.140. The highest BCUT2D eigenvalue weighted by Gasteiger charge is 2.40. The van der Waals surface area contributed by atoms with Crippen molar-refractivity contribution < 1.29 is 21.6 Å². The number of hydrogen-bond acceptors (Lipinski definition) is 3. The van der Waals surface area contributed by atoms with Gasteiger partial charge in [-0.15, -0.1) is 0 Å². The average Bonchev–Trinajstić information content (AvgIpc) is 3.15. The van der Waals surface area contributed by atoms with Gasteiger partial charge in [0.15, 0.2) is 5.69 Å². The molecule has 0 bridgehead atoms. The van der Waals surface area contributed by atoms with Gasteiger partial charge in [0, 0.05) is 21.7 Å². The summed E-state index contributed by atoms with van der Waals surface area (Å²) >= 11 is 12.3. The number of nitrogens with zero attached hydrogens (tertiary/aromatic N) is 2. The van der Waals surface area contributed by atoms with Crippen LogP contribution >= 0.6 is 23.2 Å². The maximum absolute atomic E-state index is 14.1. The first kappa shape index (κ1) is 23.3. The standard InChI is InChI=1S/C22H14Cl2F3N3O2S/c23-14-8-11-17(18(24)12-14)19-20(13-6-9-16(10-7-13)33(28,31)32)30(15-4-2-1-3-5-15)29-21(19)22(25,26)27/h1-12H,(H2,28,31,32). The summed E-state index contributed by atoms with van der Waals surface area (Å²) in [5.41, 5.74) is -0.641. The average molecular weight is 512 g/mol. The van der Waals surface area contributed by atoms with Crippen molar-refractivity contribution in [1.82, 2.24) is 9.78 Å². The minimum absolute atomic E-state index is 0.00279. The number of alkyl halides is 3. The smallest absolute Gasteiger partial charge is 0.232 e. The minimum atomic E-state index is -4.81. The van der Waals surface area contributed by atoms with Gasteiger partial charge in [-0.1, -0.05) is 59.6 Å². The number of halogens is 5. The molecule has 4 rings (SSSR count). The molecule has 33 heavy (non-hydrogen) atoms. The summed E-state index contributed by atoms with van der Waals surface area (Å²) in [4.78, 5) is -0.181. The van der Waals surface area contributed by atoms with Crippen LogP contribution in [0.25, 0.3) is 28.1 Å². The highest BCUT2D eigenvalue weighted by molar-refractivity contribution is 7.89. The molecule has 0 unspecified atom stereocenters. The number of benzene rings is 3. The van der Waals surface area contributed by atoms with Crippen LogP contribution in [0.15, 0.2) is 77.7 Å². The molecule has 0 amide bonds. The molecule has 0 spiro atoms. The maximum atomic E-state index is 14.1. The Kier molecular flexibility index (Phi) is 6.00. The molecule has 0 saturated carbocycles. The van der Waals surface area contributed by atoms with E-state index in [-0.39, 0.29) is 37.3 Å². The summed E-state index contributed by atoms with van der Waals surface area (Å²) in [6, 6.07) is 17.5. The van der Waals surface area contributed by atoms with Crippen LogP contribution in [-0.2, 0) is 16.2 Å². The van der Waals surface area contributed by atoms with Gasteiger partial charge >= 0.3 is 6.18 Å². The van der Waals surface area contributed by atoms with Gasteiger partial charge in [0.2, 0.25) is 10.0 Å². The number of sulfonamides is 1. The number of hydrogen-bond donors (Lipinski definition) is 1. The number of para-hydroxylation sites is 1. The van der Waals surface area contributed by atoms with Crippen LogP contribution in [0.3, 0.4) is 0 Å². The van der Waals surface area contributed by atoms with E-state index in [0.29, 0.717) is 5.69 Å². The van der Waals surface area contributed by atoms with Crippen molar-refractivity contribution in [3.63, 3.8) is 0 Å². The Hall–Kier alpha value is -2.85. The van der Waals surface area contributed by atoms with Crippen LogP contribution in [0.1, 0.15) is 5.69 Å². The van der Waals surface area contributed by atoms with E-state index in [1.165, 1.54) is 42.5 Å². The molecule has 170 valence electrons. The molecule has 1 heterocycles. The van der Waals surface area contributed by atoms with E-state index < -0.39 is 21.9 Å². The molecule has 11 heteroatoms. The van der Waals surface area contributed by atoms with Gasteiger partial charge in [-0.05, 0) is 36.4 Å². The third-order valence-electron chi connectivity index (χ3n) is 4.81. The fourth-order valence-corrected chi connectivity index (χ4v) is 4.41. The summed E-state index contributed by atoms with van der Waals surface area (Å²) in [6.45, 7) is 0. The summed E-state index contributed by atoms with van der Waals surface area (Å²) in [7, 11) is -3.99. The molecule has 0 fully saturated rings. The Morgan fingerprint density at radius 1 is 0.909 bits per heavy atom. The number of rotatable bonds is 4. The van der Waals surface area contributed by atoms with Gasteiger partial charge in [-0.2, -0.15) is 18.3 Å². The predicted molar refractivity (Wildman–Crippen MR) is 121 cm³/mol. The van der Waals surface area contributed by atoms with Gasteiger partial charge in [0.1, 0.15) is 0 Å². The normalized spacial score (nSPS) is 12.2. The molecule has 4 aromatic rings. The first-order valence-corrected chi connectivity index (χ1v) is 11.6. The fourth-order valence-electron chi connectivity index (χ4n) is 3.39. The van der Waals surface area contributed by atoms with Gasteiger partial charge < -0.3 is 0 Å². The Balaban J connectivity index is 2.11.